The van der Waals surface area contributed by atoms with Crippen molar-refractivity contribution in [2.45, 2.75) is 32.6 Å². The number of ether oxygens (including phenoxy) is 1. The van der Waals surface area contributed by atoms with Crippen LogP contribution in [-0.2, 0) is 19.1 Å². The molecule has 0 aromatic carbocycles. The second-order valence-electron chi connectivity index (χ2n) is 3.15. The van der Waals surface area contributed by atoms with Crippen molar-refractivity contribution in [3.05, 3.63) is 0 Å². The van der Waals surface area contributed by atoms with Crippen molar-refractivity contribution in [1.29, 1.82) is 0 Å². The Morgan fingerprint density at radius 3 is 2.44 bits per heavy atom. The molecule has 0 fully saturated rings. The maximum atomic E-state index is 11.0. The number of carboxylic acids is 1. The van der Waals surface area contributed by atoms with Crippen LogP contribution < -0.4 is 5.32 Å². The van der Waals surface area contributed by atoms with E-state index in [0.29, 0.717) is 19.6 Å². The zero-order valence-electron chi connectivity index (χ0n) is 9.32. The molecule has 0 aromatic heterocycles. The lowest BCUT2D eigenvalue weighted by atomic mass is 10.2. The number of rotatable bonds is 8. The number of esters is 1. The molecule has 0 aromatic rings. The van der Waals surface area contributed by atoms with Crippen LogP contribution in [0, 0.1) is 0 Å². The lowest BCUT2D eigenvalue weighted by molar-refractivity contribution is -0.143. The molecular formula is C10H17NO5. The fourth-order valence-electron chi connectivity index (χ4n) is 1.00. The van der Waals surface area contributed by atoms with Crippen LogP contribution in [0.4, 0.5) is 0 Å². The molecule has 0 bridgehead atoms. The number of hydrogen-bond donors (Lipinski definition) is 2. The highest BCUT2D eigenvalue weighted by molar-refractivity contribution is 5.80. The first-order valence-corrected chi connectivity index (χ1v) is 5.20. The van der Waals surface area contributed by atoms with Gasteiger partial charge < -0.3 is 15.2 Å². The van der Waals surface area contributed by atoms with Gasteiger partial charge in [-0.15, -0.1) is 0 Å². The summed E-state index contributed by atoms with van der Waals surface area (Å²) in [5.74, 6) is -1.60. The summed E-state index contributed by atoms with van der Waals surface area (Å²) in [7, 11) is 0. The number of hydrogen-bond acceptors (Lipinski definition) is 4. The Morgan fingerprint density at radius 2 is 1.88 bits per heavy atom. The molecule has 1 amide bonds. The minimum Gasteiger partial charge on any atom is -0.481 e. The van der Waals surface area contributed by atoms with Crippen LogP contribution in [0.5, 0.6) is 0 Å². The van der Waals surface area contributed by atoms with Crippen LogP contribution in [0.1, 0.15) is 32.6 Å². The summed E-state index contributed by atoms with van der Waals surface area (Å²) in [6, 6.07) is 0. The number of nitrogens with one attached hydrogen (secondary N) is 1. The predicted octanol–water partition coefficient (Wildman–Crippen LogP) is 0.311. The van der Waals surface area contributed by atoms with E-state index in [2.05, 4.69) is 5.32 Å². The average molecular weight is 231 g/mol. The third-order valence-corrected chi connectivity index (χ3v) is 1.75. The lowest BCUT2D eigenvalue weighted by Gasteiger charge is -2.04. The van der Waals surface area contributed by atoms with Gasteiger partial charge in [0.15, 0.2) is 0 Å². The third kappa shape index (κ3) is 8.98. The van der Waals surface area contributed by atoms with Crippen LogP contribution in [-0.4, -0.2) is 36.1 Å². The summed E-state index contributed by atoms with van der Waals surface area (Å²) in [5, 5.41) is 10.9. The molecular weight excluding hydrogens is 214 g/mol. The standard InChI is InChI=1S/C10H17NO5/c1-2-16-10(15)4-3-7-11-8(12)5-6-9(13)14/h2-7H2,1H3,(H,11,12)(H,13,14). The molecule has 0 heterocycles. The first kappa shape index (κ1) is 14.4. The van der Waals surface area contributed by atoms with Crippen LogP contribution in [0.15, 0.2) is 0 Å². The molecule has 16 heavy (non-hydrogen) atoms. The van der Waals surface area contributed by atoms with Gasteiger partial charge in [0.25, 0.3) is 0 Å². The van der Waals surface area contributed by atoms with Crippen molar-refractivity contribution in [2.75, 3.05) is 13.2 Å². The van der Waals surface area contributed by atoms with Gasteiger partial charge in [0.2, 0.25) is 5.91 Å². The molecule has 0 atom stereocenters. The smallest absolute Gasteiger partial charge is 0.305 e. The van der Waals surface area contributed by atoms with Gasteiger partial charge in [-0.05, 0) is 13.3 Å². The number of amides is 1. The summed E-state index contributed by atoms with van der Waals surface area (Å²) in [6.07, 6.45) is 0.545. The van der Waals surface area contributed by atoms with Crippen molar-refractivity contribution < 1.29 is 24.2 Å². The van der Waals surface area contributed by atoms with Crippen LogP contribution in [0.25, 0.3) is 0 Å². The summed E-state index contributed by atoms with van der Waals surface area (Å²) in [4.78, 5) is 32.1. The van der Waals surface area contributed by atoms with Crippen LogP contribution >= 0.6 is 0 Å². The monoisotopic (exact) mass is 231 g/mol. The largest absolute Gasteiger partial charge is 0.481 e. The fourth-order valence-corrected chi connectivity index (χ4v) is 1.00. The summed E-state index contributed by atoms with van der Waals surface area (Å²) >= 11 is 0. The summed E-state index contributed by atoms with van der Waals surface area (Å²) in [5.41, 5.74) is 0. The predicted molar refractivity (Wildman–Crippen MR) is 55.7 cm³/mol. The minimum absolute atomic E-state index is 0.0330. The molecule has 0 spiro atoms. The number of carbonyl (C=O) groups excluding carboxylic acids is 2. The van der Waals surface area contributed by atoms with Gasteiger partial charge in [0.1, 0.15) is 0 Å². The van der Waals surface area contributed by atoms with Crippen LogP contribution in [0.2, 0.25) is 0 Å². The molecule has 6 nitrogen and oxygen atoms in total. The zero-order chi connectivity index (χ0) is 12.4. The van der Waals surface area contributed by atoms with Gasteiger partial charge in [-0.2, -0.15) is 0 Å². The Hall–Kier alpha value is -1.59. The van der Waals surface area contributed by atoms with Gasteiger partial charge in [-0.1, -0.05) is 0 Å². The molecule has 0 radical (unpaired) electrons. The Labute approximate surface area is 94.0 Å². The van der Waals surface area contributed by atoms with E-state index < -0.39 is 5.97 Å². The van der Waals surface area contributed by atoms with Gasteiger partial charge in [-0.25, -0.2) is 0 Å². The van der Waals surface area contributed by atoms with Gasteiger partial charge in [-0.3, -0.25) is 14.4 Å². The SMILES string of the molecule is CCOC(=O)CCCNC(=O)CCC(=O)O. The topological polar surface area (TPSA) is 92.7 Å². The van der Waals surface area contributed by atoms with Crippen molar-refractivity contribution in [1.82, 2.24) is 5.32 Å². The van der Waals surface area contributed by atoms with E-state index in [-0.39, 0.29) is 31.1 Å². The Bertz CT molecular complexity index is 252. The van der Waals surface area contributed by atoms with Gasteiger partial charge in [0, 0.05) is 19.4 Å². The van der Waals surface area contributed by atoms with E-state index in [1.807, 2.05) is 0 Å². The van der Waals surface area contributed by atoms with E-state index in [9.17, 15) is 14.4 Å². The average Bonchev–Trinajstić information content (AvgIpc) is 2.22. The minimum atomic E-state index is -0.998. The maximum Gasteiger partial charge on any atom is 0.305 e. The van der Waals surface area contributed by atoms with Crippen LogP contribution in [0.3, 0.4) is 0 Å². The Kier molecular flexibility index (Phi) is 7.83. The number of carboxylic acid groups (broad SMARTS) is 1. The Balaban J connectivity index is 3.40. The highest BCUT2D eigenvalue weighted by Gasteiger charge is 2.05. The van der Waals surface area contributed by atoms with Gasteiger partial charge >= 0.3 is 11.9 Å². The summed E-state index contributed by atoms with van der Waals surface area (Å²) < 4.78 is 4.70. The van der Waals surface area contributed by atoms with E-state index in [4.69, 9.17) is 9.84 Å². The normalized spacial score (nSPS) is 9.56. The molecule has 92 valence electrons. The lowest BCUT2D eigenvalue weighted by Crippen LogP contribution is -2.25. The summed E-state index contributed by atoms with van der Waals surface area (Å²) in [6.45, 7) is 2.44. The molecule has 6 heteroatoms. The van der Waals surface area contributed by atoms with E-state index in [1.165, 1.54) is 0 Å². The van der Waals surface area contributed by atoms with Crippen molar-refractivity contribution >= 4 is 17.8 Å². The van der Waals surface area contributed by atoms with E-state index in [0.717, 1.165) is 0 Å². The first-order chi connectivity index (χ1) is 7.56. The number of carbonyl (C=O) groups is 3. The molecule has 2 N–H and O–H groups in total. The third-order valence-electron chi connectivity index (χ3n) is 1.75. The first-order valence-electron chi connectivity index (χ1n) is 5.20. The second kappa shape index (κ2) is 8.70. The van der Waals surface area contributed by atoms with E-state index >= 15 is 0 Å². The second-order valence-corrected chi connectivity index (χ2v) is 3.15. The molecule has 0 unspecified atom stereocenters. The highest BCUT2D eigenvalue weighted by Crippen LogP contribution is 1.93. The van der Waals surface area contributed by atoms with E-state index in [1.54, 1.807) is 6.92 Å². The molecule has 0 aliphatic heterocycles. The van der Waals surface area contributed by atoms with Gasteiger partial charge in [0.05, 0.1) is 13.0 Å². The van der Waals surface area contributed by atoms with Crippen molar-refractivity contribution in [3.63, 3.8) is 0 Å². The molecule has 0 saturated carbocycles. The van der Waals surface area contributed by atoms with Crippen molar-refractivity contribution in [3.8, 4) is 0 Å². The highest BCUT2D eigenvalue weighted by atomic mass is 16.5. The maximum absolute atomic E-state index is 11.0. The van der Waals surface area contributed by atoms with Crippen molar-refractivity contribution in [2.24, 2.45) is 0 Å². The Morgan fingerprint density at radius 1 is 1.19 bits per heavy atom. The zero-order valence-corrected chi connectivity index (χ0v) is 9.32. The molecule has 0 aliphatic carbocycles. The molecule has 0 saturated heterocycles. The molecule has 0 rings (SSSR count). The molecule has 0 aliphatic rings. The quantitative estimate of drug-likeness (QED) is 0.463. The number of aliphatic carboxylic acids is 1. The fraction of sp³-hybridized carbons (Fsp3) is 0.700.